The Labute approximate surface area is 336 Å². The van der Waals surface area contributed by atoms with Crippen LogP contribution in [0.15, 0.2) is 30.7 Å². The van der Waals surface area contributed by atoms with Gasteiger partial charge in [-0.25, -0.2) is 0 Å². The molecule has 0 bridgehead atoms. The zero-order chi connectivity index (χ0) is 43.2. The van der Waals surface area contributed by atoms with E-state index in [9.17, 15) is 0 Å². The second kappa shape index (κ2) is 18.3. The van der Waals surface area contributed by atoms with E-state index in [0.717, 1.165) is 11.4 Å². The van der Waals surface area contributed by atoms with Gasteiger partial charge < -0.3 is 0 Å². The fourth-order valence-corrected chi connectivity index (χ4v) is 6.23. The molecule has 0 saturated heterocycles. The highest BCUT2D eigenvalue weighted by atomic mass is 15.3. The van der Waals surface area contributed by atoms with Crippen LogP contribution in [-0.4, -0.2) is 44.2 Å². The third kappa shape index (κ3) is 15.2. The van der Waals surface area contributed by atoms with Crippen molar-refractivity contribution in [3.63, 3.8) is 0 Å². The molecule has 5 rings (SSSR count). The van der Waals surface area contributed by atoms with E-state index in [1.807, 2.05) is 60.2 Å². The van der Waals surface area contributed by atoms with E-state index in [2.05, 4.69) is 193 Å². The average molecular weight is 762 g/mol. The highest BCUT2D eigenvalue weighted by molar-refractivity contribution is 5.25. The van der Waals surface area contributed by atoms with Crippen LogP contribution in [0.3, 0.4) is 0 Å². The summed E-state index contributed by atoms with van der Waals surface area (Å²) in [6, 6.07) is 4.33. The summed E-state index contributed by atoms with van der Waals surface area (Å²) in [6.07, 6.45) is 6.10. The van der Waals surface area contributed by atoms with Crippen LogP contribution in [0.2, 0.25) is 0 Å². The van der Waals surface area contributed by atoms with Crippen molar-refractivity contribution in [3.05, 3.63) is 87.3 Å². The van der Waals surface area contributed by atoms with Crippen LogP contribution in [0.1, 0.15) is 160 Å². The maximum absolute atomic E-state index is 4.40. The van der Waals surface area contributed by atoms with Crippen LogP contribution in [0.4, 0.5) is 0 Å². The Kier molecular flexibility index (Phi) is 16.4. The predicted octanol–water partition coefficient (Wildman–Crippen LogP) is 9.55. The Bertz CT molecular complexity index is 1750. The van der Waals surface area contributed by atoms with Gasteiger partial charge in [-0.2, -0.15) is 25.5 Å². The normalized spacial score (nSPS) is 12.1. The maximum atomic E-state index is 4.40. The quantitative estimate of drug-likeness (QED) is 0.159. The van der Waals surface area contributed by atoms with E-state index in [-0.39, 0.29) is 27.1 Å². The lowest BCUT2D eigenvalue weighted by Crippen LogP contribution is -2.39. The summed E-state index contributed by atoms with van der Waals surface area (Å²) in [5.74, 6) is 0. The highest BCUT2D eigenvalue weighted by Gasteiger charge is 2.25. The van der Waals surface area contributed by atoms with Gasteiger partial charge in [0.05, 0.1) is 29.0 Å². The Balaban J connectivity index is 0.000000344. The van der Waals surface area contributed by atoms with Crippen LogP contribution in [0, 0.1) is 34.6 Å². The first kappa shape index (κ1) is 49.1. The summed E-state index contributed by atoms with van der Waals surface area (Å²) in [7, 11) is 9.92. The molecule has 0 aromatic carbocycles. The molecule has 10 heteroatoms. The van der Waals surface area contributed by atoms with Gasteiger partial charge in [0.25, 0.3) is 0 Å². The first-order chi connectivity index (χ1) is 24.6. The van der Waals surface area contributed by atoms with Gasteiger partial charge in [0, 0.05) is 74.3 Å². The zero-order valence-electron chi connectivity index (χ0n) is 39.9. The van der Waals surface area contributed by atoms with Gasteiger partial charge in [0.2, 0.25) is 5.69 Å². The standard InChI is InChI=1S/5C9H16N2/c1-7-8(9(2,3)4)6-11(5)10-7;1-7-8(9(2,3)4)6-10-11(7)5;1-7-6-11(5)10-8(7)9(2,3)4;1-7-6-8(9(2,3)4)10-11(7)5;1-7-6-8(9(2,3)4)11(5)10-7/h5*6H,1-5H3/p+1. The molecule has 0 amide bonds. The van der Waals surface area contributed by atoms with Crippen molar-refractivity contribution in [2.45, 2.75) is 166 Å². The molecule has 1 N–H and O–H groups in total. The van der Waals surface area contributed by atoms with Crippen molar-refractivity contribution >= 4 is 0 Å². The molecule has 310 valence electrons. The Morgan fingerprint density at radius 2 is 1.07 bits per heavy atom. The number of rotatable bonds is 0. The number of nitrogens with one attached hydrogen (secondary N) is 1. The van der Waals surface area contributed by atoms with Gasteiger partial charge in [-0.15, -0.1) is 4.68 Å². The number of hydrogen-bond acceptors (Lipinski definition) is 4. The molecule has 0 spiro atoms. The third-order valence-electron chi connectivity index (χ3n) is 9.30. The number of aromatic nitrogens is 10. The second-order valence-corrected chi connectivity index (χ2v) is 20.3. The topological polar surface area (TPSA) is 90.9 Å². The fourth-order valence-electron chi connectivity index (χ4n) is 6.23. The molecule has 0 aliphatic heterocycles. The molecule has 0 unspecified atom stereocenters. The number of hydrogen-bond donors (Lipinski definition) is 1. The van der Waals surface area contributed by atoms with Crippen molar-refractivity contribution in [1.82, 2.24) is 44.2 Å². The first-order valence-electron chi connectivity index (χ1n) is 19.6. The summed E-state index contributed by atoms with van der Waals surface area (Å²) in [4.78, 5) is 0. The van der Waals surface area contributed by atoms with Crippen molar-refractivity contribution in [2.75, 3.05) is 0 Å². The van der Waals surface area contributed by atoms with E-state index in [1.54, 1.807) is 0 Å². The Morgan fingerprint density at radius 3 is 1.25 bits per heavy atom. The second-order valence-electron chi connectivity index (χ2n) is 20.3. The minimum Gasteiger partial charge on any atom is -0.275 e. The molecular formula is C45H81N10+. The van der Waals surface area contributed by atoms with Gasteiger partial charge in [0.15, 0.2) is 7.05 Å². The summed E-state index contributed by atoms with van der Waals surface area (Å²) < 4.78 is 9.66. The largest absolute Gasteiger partial charge is 0.275 e. The molecular weight excluding hydrogens is 681 g/mol. The van der Waals surface area contributed by atoms with Crippen molar-refractivity contribution in [1.29, 1.82) is 0 Å². The lowest BCUT2D eigenvalue weighted by molar-refractivity contribution is -0.736. The third-order valence-corrected chi connectivity index (χ3v) is 9.30. The molecule has 0 saturated carbocycles. The van der Waals surface area contributed by atoms with E-state index in [1.165, 1.54) is 45.2 Å². The average Bonchev–Trinajstić information content (AvgIpc) is 3.78. The Morgan fingerprint density at radius 1 is 0.564 bits per heavy atom. The molecule has 0 atom stereocenters. The van der Waals surface area contributed by atoms with Crippen LogP contribution in [0.5, 0.6) is 0 Å². The predicted molar refractivity (Wildman–Crippen MR) is 232 cm³/mol. The van der Waals surface area contributed by atoms with Crippen LogP contribution in [0.25, 0.3) is 0 Å². The molecule has 55 heavy (non-hydrogen) atoms. The molecule has 5 aromatic heterocycles. The molecule has 0 radical (unpaired) electrons. The van der Waals surface area contributed by atoms with Gasteiger partial charge >= 0.3 is 0 Å². The SMILES string of the molecule is Cc1c(C(C)(C)C)cnn1C.Cc1cc(C(C)(C)C)[n+](C)[nH]1.Cc1cc(C(C)(C)C)nn1C.Cc1cn(C)nc1C(C)(C)C.Cc1nn(C)cc1C(C)(C)C. The van der Waals surface area contributed by atoms with Gasteiger partial charge in [0.1, 0.15) is 0 Å². The van der Waals surface area contributed by atoms with Crippen LogP contribution in [-0.2, 0) is 62.3 Å². The molecule has 0 aliphatic rings. The van der Waals surface area contributed by atoms with Crippen LogP contribution < -0.4 is 4.68 Å². The minimum atomic E-state index is 0.172. The molecule has 10 nitrogen and oxygen atoms in total. The highest BCUT2D eigenvalue weighted by Crippen LogP contribution is 2.26. The van der Waals surface area contributed by atoms with E-state index in [0.29, 0.717) is 0 Å². The summed E-state index contributed by atoms with van der Waals surface area (Å²) in [5.41, 5.74) is 13.5. The molecule has 5 heterocycles. The first-order valence-corrected chi connectivity index (χ1v) is 19.6. The fraction of sp³-hybridized carbons (Fsp3) is 0.667. The van der Waals surface area contributed by atoms with E-state index in [4.69, 9.17) is 0 Å². The van der Waals surface area contributed by atoms with Crippen molar-refractivity contribution in [3.8, 4) is 0 Å². The van der Waals surface area contributed by atoms with E-state index < -0.39 is 0 Å². The van der Waals surface area contributed by atoms with Crippen molar-refractivity contribution < 1.29 is 4.68 Å². The van der Waals surface area contributed by atoms with Gasteiger partial charge in [-0.05, 0) is 68.2 Å². The summed E-state index contributed by atoms with van der Waals surface area (Å²) in [5, 5.41) is 20.5. The number of aryl methyl sites for hydroxylation is 9. The number of nitrogens with zero attached hydrogens (tertiary/aromatic N) is 9. The van der Waals surface area contributed by atoms with Crippen molar-refractivity contribution in [2.24, 2.45) is 35.2 Å². The van der Waals surface area contributed by atoms with E-state index >= 15 is 0 Å². The summed E-state index contributed by atoms with van der Waals surface area (Å²) >= 11 is 0. The molecule has 5 aromatic rings. The molecule has 0 aliphatic carbocycles. The smallest absolute Gasteiger partial charge is 0.212 e. The number of aromatic amines is 1. The van der Waals surface area contributed by atoms with Crippen LogP contribution >= 0.6 is 0 Å². The summed E-state index contributed by atoms with van der Waals surface area (Å²) in [6.45, 7) is 43.4. The zero-order valence-corrected chi connectivity index (χ0v) is 39.9. The Hall–Kier alpha value is -3.95. The monoisotopic (exact) mass is 762 g/mol. The van der Waals surface area contributed by atoms with Gasteiger partial charge in [-0.3, -0.25) is 18.7 Å². The van der Waals surface area contributed by atoms with Gasteiger partial charge in [-0.1, -0.05) is 104 Å². The maximum Gasteiger partial charge on any atom is 0.212 e. The lowest BCUT2D eigenvalue weighted by atomic mass is 9.88. The lowest BCUT2D eigenvalue weighted by Gasteiger charge is -2.17. The minimum absolute atomic E-state index is 0.172. The number of H-pyrrole nitrogens is 1. The molecule has 0 fully saturated rings.